The van der Waals surface area contributed by atoms with Gasteiger partial charge in [-0.1, -0.05) is 46.6 Å². The smallest absolute Gasteiger partial charge is 0.231 e. The molecule has 40 heavy (non-hydrogen) atoms. The van der Waals surface area contributed by atoms with Crippen molar-refractivity contribution in [1.82, 2.24) is 15.1 Å². The van der Waals surface area contributed by atoms with E-state index in [-0.39, 0.29) is 29.1 Å². The Morgan fingerprint density at radius 2 is 2.02 bits per heavy atom. The molecular formula is C33H44FN5O. The minimum Gasteiger partial charge on any atom is -0.386 e. The van der Waals surface area contributed by atoms with E-state index in [1.54, 1.807) is 12.1 Å². The summed E-state index contributed by atoms with van der Waals surface area (Å²) in [6.45, 7) is 11.0. The SMILES string of the molecule is CCCC(CC1CCC2=Cc3c(cnn3-c3ccc(F)cc3)CC21C)NC(=O)C1C(N)=NC=C(C(C)CC)C1C. The van der Waals surface area contributed by atoms with Crippen LogP contribution in [0, 0.1) is 34.9 Å². The Kier molecular flexibility index (Phi) is 8.03. The van der Waals surface area contributed by atoms with E-state index in [4.69, 9.17) is 5.73 Å². The molecule has 6 nitrogen and oxygen atoms in total. The fraction of sp³-hybridized carbons (Fsp3) is 0.545. The molecule has 1 aromatic carbocycles. The first-order valence-corrected chi connectivity index (χ1v) is 15.0. The third-order valence-electron chi connectivity index (χ3n) is 9.95. The second-order valence-electron chi connectivity index (χ2n) is 12.4. The van der Waals surface area contributed by atoms with Gasteiger partial charge in [0.05, 0.1) is 17.6 Å². The number of rotatable bonds is 9. The van der Waals surface area contributed by atoms with Crippen LogP contribution in [0.25, 0.3) is 11.8 Å². The van der Waals surface area contributed by atoms with Crippen molar-refractivity contribution in [2.75, 3.05) is 0 Å². The number of fused-ring (bicyclic) bond motifs is 2. The molecular weight excluding hydrogens is 501 g/mol. The van der Waals surface area contributed by atoms with E-state index >= 15 is 0 Å². The van der Waals surface area contributed by atoms with Gasteiger partial charge in [-0.2, -0.15) is 5.10 Å². The zero-order valence-electron chi connectivity index (χ0n) is 24.6. The second kappa shape index (κ2) is 11.3. The van der Waals surface area contributed by atoms with Gasteiger partial charge in [0, 0.05) is 12.2 Å². The molecule has 0 saturated heterocycles. The van der Waals surface area contributed by atoms with E-state index in [0.29, 0.717) is 17.7 Å². The number of allylic oxidation sites excluding steroid dienone is 2. The number of carbonyl (C=O) groups is 1. The molecule has 1 aliphatic heterocycles. The van der Waals surface area contributed by atoms with Crippen LogP contribution in [0.15, 0.2) is 52.8 Å². The minimum absolute atomic E-state index is 0.00604. The van der Waals surface area contributed by atoms with Gasteiger partial charge in [0.15, 0.2) is 0 Å². The number of hydrogen-bond acceptors (Lipinski definition) is 4. The molecule has 1 fully saturated rings. The summed E-state index contributed by atoms with van der Waals surface area (Å²) in [6, 6.07) is 6.60. The highest BCUT2D eigenvalue weighted by Gasteiger charge is 2.46. The van der Waals surface area contributed by atoms with Gasteiger partial charge in [0.25, 0.3) is 0 Å². The molecule has 0 spiro atoms. The molecule has 6 unspecified atom stereocenters. The van der Waals surface area contributed by atoms with E-state index in [2.05, 4.69) is 56.1 Å². The van der Waals surface area contributed by atoms with Crippen molar-refractivity contribution in [2.24, 2.45) is 39.8 Å². The highest BCUT2D eigenvalue weighted by atomic mass is 19.1. The lowest BCUT2D eigenvalue weighted by atomic mass is 9.68. The number of halogens is 1. The fourth-order valence-electron chi connectivity index (χ4n) is 7.30. The van der Waals surface area contributed by atoms with E-state index in [0.717, 1.165) is 56.3 Å². The van der Waals surface area contributed by atoms with Gasteiger partial charge in [-0.3, -0.25) is 4.79 Å². The maximum Gasteiger partial charge on any atom is 0.231 e. The number of aromatic nitrogens is 2. The Balaban J connectivity index is 1.32. The summed E-state index contributed by atoms with van der Waals surface area (Å²) in [7, 11) is 0. The lowest BCUT2D eigenvalue weighted by Gasteiger charge is -2.38. The number of amides is 1. The lowest BCUT2D eigenvalue weighted by Crippen LogP contribution is -2.48. The van der Waals surface area contributed by atoms with Gasteiger partial charge in [-0.05, 0) is 103 Å². The summed E-state index contributed by atoms with van der Waals surface area (Å²) in [5, 5.41) is 8.09. The Morgan fingerprint density at radius 1 is 1.27 bits per heavy atom. The molecule has 1 saturated carbocycles. The number of aliphatic imine (C=N–C) groups is 1. The predicted octanol–water partition coefficient (Wildman–Crippen LogP) is 6.60. The predicted molar refractivity (Wildman–Crippen MR) is 159 cm³/mol. The van der Waals surface area contributed by atoms with Crippen LogP contribution < -0.4 is 11.1 Å². The molecule has 1 aromatic heterocycles. The fourth-order valence-corrected chi connectivity index (χ4v) is 7.30. The largest absolute Gasteiger partial charge is 0.386 e. The Labute approximate surface area is 238 Å². The van der Waals surface area contributed by atoms with Crippen molar-refractivity contribution in [3.63, 3.8) is 0 Å². The quantitative estimate of drug-likeness (QED) is 0.373. The third kappa shape index (κ3) is 5.15. The molecule has 2 aliphatic carbocycles. The summed E-state index contributed by atoms with van der Waals surface area (Å²) in [4.78, 5) is 18.1. The Hall–Kier alpha value is -3.22. The zero-order valence-corrected chi connectivity index (χ0v) is 24.6. The van der Waals surface area contributed by atoms with Crippen LogP contribution in [0.2, 0.25) is 0 Å². The van der Waals surface area contributed by atoms with E-state index in [1.807, 2.05) is 17.1 Å². The number of nitrogens with zero attached hydrogens (tertiary/aromatic N) is 3. The Bertz CT molecular complexity index is 1340. The van der Waals surface area contributed by atoms with Crippen LogP contribution in [0.4, 0.5) is 4.39 Å². The third-order valence-corrected chi connectivity index (χ3v) is 9.95. The van der Waals surface area contributed by atoms with E-state index in [9.17, 15) is 9.18 Å². The van der Waals surface area contributed by atoms with Crippen molar-refractivity contribution in [2.45, 2.75) is 85.6 Å². The van der Waals surface area contributed by atoms with Gasteiger partial charge in [0.1, 0.15) is 17.6 Å². The molecule has 0 bridgehead atoms. The topological polar surface area (TPSA) is 85.3 Å². The molecule has 7 heteroatoms. The first kappa shape index (κ1) is 28.3. The standard InChI is InChI=1S/C33H44FN5O/c1-6-8-26(38-32(40)30-21(4)28(20(3)7-2)19-36-31(30)35)15-23-9-10-24-16-29-22(17-33(23,24)5)18-37-39(29)27-13-11-25(34)12-14-27/h11-14,16,18-21,23,26,30H,6-10,15,17H2,1-5H3,(H2,35,36)(H,38,40). The first-order chi connectivity index (χ1) is 19.2. The van der Waals surface area contributed by atoms with E-state index < -0.39 is 5.92 Å². The normalized spacial score (nSPS) is 27.1. The van der Waals surface area contributed by atoms with Crippen LogP contribution in [0.5, 0.6) is 0 Å². The van der Waals surface area contributed by atoms with Crippen LogP contribution in [-0.2, 0) is 11.2 Å². The van der Waals surface area contributed by atoms with Gasteiger partial charge >= 0.3 is 0 Å². The van der Waals surface area contributed by atoms with Crippen molar-refractivity contribution < 1.29 is 9.18 Å². The van der Waals surface area contributed by atoms with Gasteiger partial charge < -0.3 is 11.1 Å². The summed E-state index contributed by atoms with van der Waals surface area (Å²) >= 11 is 0. The van der Waals surface area contributed by atoms with Crippen molar-refractivity contribution in [1.29, 1.82) is 0 Å². The van der Waals surface area contributed by atoms with Crippen molar-refractivity contribution in [3.05, 3.63) is 64.9 Å². The maximum atomic E-state index is 13.7. The van der Waals surface area contributed by atoms with Gasteiger partial charge in [-0.25, -0.2) is 14.1 Å². The second-order valence-corrected chi connectivity index (χ2v) is 12.4. The molecule has 6 atom stereocenters. The molecule has 2 heterocycles. The van der Waals surface area contributed by atoms with Gasteiger partial charge in [-0.15, -0.1) is 0 Å². The first-order valence-electron chi connectivity index (χ1n) is 15.0. The van der Waals surface area contributed by atoms with E-state index in [1.165, 1.54) is 28.8 Å². The summed E-state index contributed by atoms with van der Waals surface area (Å²) in [6.07, 6.45) is 13.1. The molecule has 3 aliphatic rings. The molecule has 0 radical (unpaired) electrons. The van der Waals surface area contributed by atoms with Crippen LogP contribution in [-0.4, -0.2) is 27.6 Å². The van der Waals surface area contributed by atoms with Crippen LogP contribution >= 0.6 is 0 Å². The highest BCUT2D eigenvalue weighted by Crippen LogP contribution is 2.54. The van der Waals surface area contributed by atoms with Crippen LogP contribution in [0.1, 0.15) is 84.4 Å². The average Bonchev–Trinajstić information content (AvgIpc) is 3.47. The molecule has 214 valence electrons. The summed E-state index contributed by atoms with van der Waals surface area (Å²) < 4.78 is 15.4. The molecule has 2 aromatic rings. The molecule has 1 amide bonds. The number of nitrogens with two attached hydrogens (primary N) is 1. The van der Waals surface area contributed by atoms with Crippen LogP contribution in [0.3, 0.4) is 0 Å². The molecule has 5 rings (SSSR count). The molecule has 3 N–H and O–H groups in total. The lowest BCUT2D eigenvalue weighted by molar-refractivity contribution is -0.125. The highest BCUT2D eigenvalue weighted by molar-refractivity contribution is 6.03. The minimum atomic E-state index is -0.419. The number of carbonyl (C=O) groups excluding carboxylic acids is 1. The van der Waals surface area contributed by atoms with Gasteiger partial charge in [0.2, 0.25) is 5.91 Å². The van der Waals surface area contributed by atoms with Crippen molar-refractivity contribution in [3.8, 4) is 5.69 Å². The zero-order chi connectivity index (χ0) is 28.6. The number of benzene rings is 1. The summed E-state index contributed by atoms with van der Waals surface area (Å²) in [5.41, 5.74) is 12.2. The maximum absolute atomic E-state index is 13.7. The van der Waals surface area contributed by atoms with Crippen molar-refractivity contribution >= 4 is 17.8 Å². The monoisotopic (exact) mass is 545 g/mol. The number of hydrogen-bond donors (Lipinski definition) is 2. The number of nitrogens with one attached hydrogen (secondary N) is 1. The summed E-state index contributed by atoms with van der Waals surface area (Å²) in [5.74, 6) is 0.641. The average molecular weight is 546 g/mol. The Morgan fingerprint density at radius 3 is 2.73 bits per heavy atom. The number of amidine groups is 1.